The minimum Gasteiger partial charge on any atom is -0.478 e. The molecule has 0 aliphatic carbocycles. The van der Waals surface area contributed by atoms with Crippen LogP contribution in [0.4, 0.5) is 14.9 Å². The molecule has 21 heavy (non-hydrogen) atoms. The molecule has 114 valence electrons. The Balaban J connectivity index is 2.76. The van der Waals surface area contributed by atoms with Crippen LogP contribution < -0.4 is 16.4 Å². The quantitative estimate of drug-likeness (QED) is 0.651. The number of aromatic carboxylic acids is 1. The second-order valence-corrected chi connectivity index (χ2v) is 5.05. The SMILES string of the molecule is CC(C)(CNC(=O)Nc1ccc(F)cc1C(=O)O)C(N)=O. The highest BCUT2D eigenvalue weighted by Gasteiger charge is 2.25. The van der Waals surface area contributed by atoms with Crippen molar-refractivity contribution < 1.29 is 23.9 Å². The molecule has 0 aliphatic rings. The lowest BCUT2D eigenvalue weighted by Gasteiger charge is -2.21. The summed E-state index contributed by atoms with van der Waals surface area (Å²) in [6.07, 6.45) is 0. The fraction of sp³-hybridized carbons (Fsp3) is 0.308. The molecule has 1 aromatic rings. The van der Waals surface area contributed by atoms with E-state index in [4.69, 9.17) is 10.8 Å². The van der Waals surface area contributed by atoms with Crippen LogP contribution in [-0.2, 0) is 4.79 Å². The molecule has 0 radical (unpaired) electrons. The highest BCUT2D eigenvalue weighted by molar-refractivity contribution is 6.00. The summed E-state index contributed by atoms with van der Waals surface area (Å²) in [5, 5.41) is 13.6. The monoisotopic (exact) mass is 297 g/mol. The number of benzene rings is 1. The van der Waals surface area contributed by atoms with Crippen LogP contribution in [0, 0.1) is 11.2 Å². The number of carboxylic acids is 1. The highest BCUT2D eigenvalue weighted by atomic mass is 19.1. The number of anilines is 1. The van der Waals surface area contributed by atoms with Gasteiger partial charge in [0.1, 0.15) is 5.82 Å². The van der Waals surface area contributed by atoms with E-state index in [-0.39, 0.29) is 17.8 Å². The molecule has 0 aliphatic heterocycles. The number of primary amides is 1. The average molecular weight is 297 g/mol. The van der Waals surface area contributed by atoms with Gasteiger partial charge >= 0.3 is 12.0 Å². The topological polar surface area (TPSA) is 122 Å². The van der Waals surface area contributed by atoms with E-state index < -0.39 is 29.1 Å². The Morgan fingerprint density at radius 2 is 1.95 bits per heavy atom. The van der Waals surface area contributed by atoms with Crippen LogP contribution in [0.1, 0.15) is 24.2 Å². The Bertz CT molecular complexity index is 587. The average Bonchev–Trinajstić information content (AvgIpc) is 2.38. The summed E-state index contributed by atoms with van der Waals surface area (Å²) in [6.45, 7) is 3.07. The lowest BCUT2D eigenvalue weighted by atomic mass is 9.93. The van der Waals surface area contributed by atoms with Gasteiger partial charge in [-0.25, -0.2) is 14.0 Å². The van der Waals surface area contributed by atoms with E-state index in [0.29, 0.717) is 0 Å². The van der Waals surface area contributed by atoms with Gasteiger partial charge in [0, 0.05) is 6.54 Å². The van der Waals surface area contributed by atoms with E-state index >= 15 is 0 Å². The first-order chi connectivity index (χ1) is 9.63. The number of hydrogen-bond acceptors (Lipinski definition) is 3. The summed E-state index contributed by atoms with van der Waals surface area (Å²) in [4.78, 5) is 33.7. The molecule has 0 spiro atoms. The van der Waals surface area contributed by atoms with E-state index in [1.54, 1.807) is 13.8 Å². The van der Waals surface area contributed by atoms with E-state index in [1.165, 1.54) is 0 Å². The molecule has 0 bridgehead atoms. The van der Waals surface area contributed by atoms with Crippen molar-refractivity contribution in [3.63, 3.8) is 0 Å². The van der Waals surface area contributed by atoms with Gasteiger partial charge in [-0.15, -0.1) is 0 Å². The molecule has 0 saturated heterocycles. The summed E-state index contributed by atoms with van der Waals surface area (Å²) >= 11 is 0. The smallest absolute Gasteiger partial charge is 0.337 e. The lowest BCUT2D eigenvalue weighted by molar-refractivity contribution is -0.125. The summed E-state index contributed by atoms with van der Waals surface area (Å²) < 4.78 is 13.0. The van der Waals surface area contributed by atoms with Crippen LogP contribution >= 0.6 is 0 Å². The predicted molar refractivity (Wildman–Crippen MR) is 73.4 cm³/mol. The van der Waals surface area contributed by atoms with Crippen LogP contribution in [0.15, 0.2) is 18.2 Å². The lowest BCUT2D eigenvalue weighted by Crippen LogP contribution is -2.43. The normalized spacial score (nSPS) is 10.8. The van der Waals surface area contributed by atoms with Crippen LogP contribution in [0.3, 0.4) is 0 Å². The minimum atomic E-state index is -1.37. The molecule has 0 atom stereocenters. The Kier molecular flexibility index (Phi) is 4.85. The number of nitrogens with two attached hydrogens (primary N) is 1. The number of carbonyl (C=O) groups is 3. The Hall–Kier alpha value is -2.64. The van der Waals surface area contributed by atoms with Crippen LogP contribution in [0.5, 0.6) is 0 Å². The van der Waals surface area contributed by atoms with Gasteiger partial charge in [-0.2, -0.15) is 0 Å². The first-order valence-electron chi connectivity index (χ1n) is 6.01. The van der Waals surface area contributed by atoms with Gasteiger partial charge in [0.2, 0.25) is 5.91 Å². The molecule has 0 unspecified atom stereocenters. The van der Waals surface area contributed by atoms with Crippen molar-refractivity contribution in [2.24, 2.45) is 11.1 Å². The summed E-state index contributed by atoms with van der Waals surface area (Å²) in [5.74, 6) is -2.69. The fourth-order valence-corrected chi connectivity index (χ4v) is 1.36. The van der Waals surface area contributed by atoms with Crippen molar-refractivity contribution in [3.05, 3.63) is 29.6 Å². The Morgan fingerprint density at radius 3 is 2.48 bits per heavy atom. The second-order valence-electron chi connectivity index (χ2n) is 5.05. The van der Waals surface area contributed by atoms with Gasteiger partial charge in [0.05, 0.1) is 16.7 Å². The van der Waals surface area contributed by atoms with Crippen molar-refractivity contribution in [2.45, 2.75) is 13.8 Å². The molecule has 5 N–H and O–H groups in total. The number of urea groups is 1. The van der Waals surface area contributed by atoms with Gasteiger partial charge in [-0.1, -0.05) is 0 Å². The molecule has 0 fully saturated rings. The second kappa shape index (κ2) is 6.21. The highest BCUT2D eigenvalue weighted by Crippen LogP contribution is 2.17. The Morgan fingerprint density at radius 1 is 1.33 bits per heavy atom. The van der Waals surface area contributed by atoms with Crippen molar-refractivity contribution in [2.75, 3.05) is 11.9 Å². The summed E-state index contributed by atoms with van der Waals surface area (Å²) in [6, 6.07) is 2.23. The van der Waals surface area contributed by atoms with Crippen molar-refractivity contribution in [1.82, 2.24) is 5.32 Å². The number of halogens is 1. The number of nitrogens with one attached hydrogen (secondary N) is 2. The summed E-state index contributed by atoms with van der Waals surface area (Å²) in [5.41, 5.74) is 3.78. The number of carboxylic acid groups (broad SMARTS) is 1. The molecule has 3 amide bonds. The zero-order valence-electron chi connectivity index (χ0n) is 11.6. The first kappa shape index (κ1) is 16.4. The molecular weight excluding hydrogens is 281 g/mol. The standard InChI is InChI=1S/C13H16FN3O4/c1-13(2,11(15)20)6-16-12(21)17-9-4-3-7(14)5-8(9)10(18)19/h3-5H,6H2,1-2H3,(H2,15,20)(H,18,19)(H2,16,17,21). The van der Waals surface area contributed by atoms with E-state index in [0.717, 1.165) is 18.2 Å². The maximum Gasteiger partial charge on any atom is 0.337 e. The Labute approximate surface area is 120 Å². The third-order valence-electron chi connectivity index (χ3n) is 2.82. The molecular formula is C13H16FN3O4. The first-order valence-corrected chi connectivity index (χ1v) is 6.01. The predicted octanol–water partition coefficient (Wildman–Crippen LogP) is 1.16. The molecule has 0 heterocycles. The van der Waals surface area contributed by atoms with Gasteiger partial charge in [-0.05, 0) is 32.0 Å². The van der Waals surface area contributed by atoms with Crippen LogP contribution in [0.25, 0.3) is 0 Å². The molecule has 1 aromatic carbocycles. The van der Waals surface area contributed by atoms with Gasteiger partial charge in [0.25, 0.3) is 0 Å². The number of rotatable bonds is 5. The third-order valence-corrected chi connectivity index (χ3v) is 2.82. The van der Waals surface area contributed by atoms with Crippen molar-refractivity contribution in [1.29, 1.82) is 0 Å². The van der Waals surface area contributed by atoms with E-state index in [2.05, 4.69) is 10.6 Å². The molecule has 1 rings (SSSR count). The van der Waals surface area contributed by atoms with Gasteiger partial charge in [-0.3, -0.25) is 4.79 Å². The maximum atomic E-state index is 13.0. The fourth-order valence-electron chi connectivity index (χ4n) is 1.36. The molecule has 0 saturated carbocycles. The molecule has 8 heteroatoms. The number of hydrogen-bond donors (Lipinski definition) is 4. The van der Waals surface area contributed by atoms with Gasteiger partial charge < -0.3 is 21.5 Å². The maximum absolute atomic E-state index is 13.0. The van der Waals surface area contributed by atoms with Crippen LogP contribution in [0.2, 0.25) is 0 Å². The van der Waals surface area contributed by atoms with Crippen molar-refractivity contribution >= 4 is 23.6 Å². The molecule has 7 nitrogen and oxygen atoms in total. The van der Waals surface area contributed by atoms with Crippen molar-refractivity contribution in [3.8, 4) is 0 Å². The zero-order chi connectivity index (χ0) is 16.2. The number of carbonyl (C=O) groups excluding carboxylic acids is 2. The van der Waals surface area contributed by atoms with E-state index in [1.807, 2.05) is 0 Å². The number of amides is 3. The minimum absolute atomic E-state index is 0.0300. The zero-order valence-corrected chi connectivity index (χ0v) is 11.6. The van der Waals surface area contributed by atoms with Crippen LogP contribution in [-0.4, -0.2) is 29.6 Å². The molecule has 0 aromatic heterocycles. The van der Waals surface area contributed by atoms with E-state index in [9.17, 15) is 18.8 Å². The summed E-state index contributed by atoms with van der Waals surface area (Å²) in [7, 11) is 0. The van der Waals surface area contributed by atoms with Gasteiger partial charge in [0.15, 0.2) is 0 Å². The largest absolute Gasteiger partial charge is 0.478 e. The third kappa shape index (κ3) is 4.44.